The van der Waals surface area contributed by atoms with Crippen molar-refractivity contribution in [1.29, 1.82) is 0 Å². The zero-order valence-electron chi connectivity index (χ0n) is 11.1. The van der Waals surface area contributed by atoms with E-state index in [9.17, 15) is 4.79 Å². The molecule has 3 heteroatoms. The first kappa shape index (κ1) is 13.5. The Kier molecular flexibility index (Phi) is 4.78. The Morgan fingerprint density at radius 2 is 2.12 bits per heavy atom. The molecule has 0 aromatic carbocycles. The van der Waals surface area contributed by atoms with Gasteiger partial charge in [0.2, 0.25) is 5.91 Å². The van der Waals surface area contributed by atoms with Crippen LogP contribution in [0.3, 0.4) is 0 Å². The fourth-order valence-electron chi connectivity index (χ4n) is 2.08. The van der Waals surface area contributed by atoms with Crippen LogP contribution in [0.4, 0.5) is 0 Å². The third kappa shape index (κ3) is 3.78. The van der Waals surface area contributed by atoms with Gasteiger partial charge in [0.25, 0.3) is 0 Å². The maximum absolute atomic E-state index is 12.1. The van der Waals surface area contributed by atoms with Crippen molar-refractivity contribution in [3.05, 3.63) is 0 Å². The molecule has 1 heterocycles. The predicted molar refractivity (Wildman–Crippen MR) is 67.3 cm³/mol. The molecule has 0 aliphatic carbocycles. The number of amides is 1. The van der Waals surface area contributed by atoms with E-state index in [0.717, 1.165) is 19.4 Å². The summed E-state index contributed by atoms with van der Waals surface area (Å²) in [6.07, 6.45) is 4.34. The molecule has 2 atom stereocenters. The van der Waals surface area contributed by atoms with Crippen molar-refractivity contribution in [3.63, 3.8) is 0 Å². The van der Waals surface area contributed by atoms with Gasteiger partial charge in [-0.05, 0) is 45.6 Å². The summed E-state index contributed by atoms with van der Waals surface area (Å²) in [6, 6.07) is 0.0181. The quantitative estimate of drug-likeness (QED) is 0.770. The Bertz CT molecular complexity index is 238. The number of hydrogen-bond donors (Lipinski definition) is 2. The monoisotopic (exact) mass is 226 g/mol. The average Bonchev–Trinajstić information content (AvgIpc) is 2.28. The molecular weight excluding hydrogens is 200 g/mol. The molecule has 0 aromatic heterocycles. The lowest BCUT2D eigenvalue weighted by Crippen LogP contribution is -2.54. The number of carbonyl (C=O) groups excluding carboxylic acids is 1. The van der Waals surface area contributed by atoms with Crippen molar-refractivity contribution in [2.75, 3.05) is 6.54 Å². The van der Waals surface area contributed by atoms with Gasteiger partial charge in [0, 0.05) is 5.54 Å². The van der Waals surface area contributed by atoms with Crippen LogP contribution in [0.1, 0.15) is 53.4 Å². The minimum absolute atomic E-state index is 0.0181. The number of carbonyl (C=O) groups is 1. The molecule has 1 saturated heterocycles. The van der Waals surface area contributed by atoms with E-state index in [1.54, 1.807) is 0 Å². The molecule has 0 saturated carbocycles. The largest absolute Gasteiger partial charge is 0.350 e. The van der Waals surface area contributed by atoms with Crippen molar-refractivity contribution in [1.82, 2.24) is 10.6 Å². The molecule has 2 unspecified atom stereocenters. The summed E-state index contributed by atoms with van der Waals surface area (Å²) in [5, 5.41) is 6.44. The van der Waals surface area contributed by atoms with E-state index in [1.165, 1.54) is 12.8 Å². The number of hydrogen-bond acceptors (Lipinski definition) is 2. The molecule has 0 aromatic rings. The molecule has 16 heavy (non-hydrogen) atoms. The highest BCUT2D eigenvalue weighted by molar-refractivity contribution is 5.82. The lowest BCUT2D eigenvalue weighted by Gasteiger charge is -2.32. The van der Waals surface area contributed by atoms with Gasteiger partial charge in [-0.3, -0.25) is 4.79 Å². The second-order valence-electron chi connectivity index (χ2n) is 5.53. The summed E-state index contributed by atoms with van der Waals surface area (Å²) in [6.45, 7) is 9.43. The number of nitrogens with one attached hydrogen (secondary N) is 2. The zero-order valence-corrected chi connectivity index (χ0v) is 11.1. The van der Waals surface area contributed by atoms with Crippen LogP contribution in [0.2, 0.25) is 0 Å². The molecule has 1 aliphatic rings. The average molecular weight is 226 g/mol. The van der Waals surface area contributed by atoms with Gasteiger partial charge in [0.05, 0.1) is 6.04 Å². The van der Waals surface area contributed by atoms with Crippen LogP contribution in [-0.2, 0) is 4.79 Å². The molecular formula is C13H26N2O. The summed E-state index contributed by atoms with van der Waals surface area (Å²) < 4.78 is 0. The first-order valence-electron chi connectivity index (χ1n) is 6.54. The fourth-order valence-corrected chi connectivity index (χ4v) is 2.08. The molecule has 0 radical (unpaired) electrons. The number of piperidine rings is 1. The van der Waals surface area contributed by atoms with Crippen molar-refractivity contribution in [3.8, 4) is 0 Å². The summed E-state index contributed by atoms with van der Waals surface area (Å²) in [5.74, 6) is 0.881. The third-order valence-corrected chi connectivity index (χ3v) is 3.75. The maximum atomic E-state index is 12.1. The van der Waals surface area contributed by atoms with Crippen LogP contribution in [-0.4, -0.2) is 24.0 Å². The Morgan fingerprint density at radius 3 is 2.69 bits per heavy atom. The van der Waals surface area contributed by atoms with E-state index < -0.39 is 0 Å². The van der Waals surface area contributed by atoms with Crippen LogP contribution in [0, 0.1) is 5.92 Å². The molecule has 0 bridgehead atoms. The fraction of sp³-hybridized carbons (Fsp3) is 0.923. The first-order valence-corrected chi connectivity index (χ1v) is 6.54. The van der Waals surface area contributed by atoms with Gasteiger partial charge in [-0.2, -0.15) is 0 Å². The van der Waals surface area contributed by atoms with Crippen molar-refractivity contribution < 1.29 is 4.79 Å². The maximum Gasteiger partial charge on any atom is 0.237 e. The van der Waals surface area contributed by atoms with E-state index in [2.05, 4.69) is 38.3 Å². The molecule has 1 rings (SSSR count). The van der Waals surface area contributed by atoms with E-state index in [0.29, 0.717) is 5.92 Å². The van der Waals surface area contributed by atoms with Gasteiger partial charge in [0.15, 0.2) is 0 Å². The molecule has 1 aliphatic heterocycles. The highest BCUT2D eigenvalue weighted by Gasteiger charge is 2.28. The zero-order chi connectivity index (χ0) is 12.2. The Morgan fingerprint density at radius 1 is 1.44 bits per heavy atom. The molecule has 0 spiro atoms. The summed E-state index contributed by atoms with van der Waals surface area (Å²) in [7, 11) is 0. The lowest BCUT2D eigenvalue weighted by atomic mass is 9.89. The van der Waals surface area contributed by atoms with Gasteiger partial charge in [-0.15, -0.1) is 0 Å². The minimum atomic E-state index is -0.0854. The van der Waals surface area contributed by atoms with E-state index >= 15 is 0 Å². The molecule has 1 amide bonds. The highest BCUT2D eigenvalue weighted by atomic mass is 16.2. The highest BCUT2D eigenvalue weighted by Crippen LogP contribution is 2.20. The van der Waals surface area contributed by atoms with Crippen LogP contribution < -0.4 is 10.6 Å². The third-order valence-electron chi connectivity index (χ3n) is 3.75. The topological polar surface area (TPSA) is 41.1 Å². The van der Waals surface area contributed by atoms with Gasteiger partial charge in [-0.25, -0.2) is 0 Å². The molecule has 1 fully saturated rings. The van der Waals surface area contributed by atoms with Gasteiger partial charge in [0.1, 0.15) is 0 Å². The standard InChI is InChI=1S/C13H26N2O/c1-5-10-7-8-14-11(9-10)12(16)15-13(3,4)6-2/h10-11,14H,5-9H2,1-4H3,(H,15,16). The predicted octanol–water partition coefficient (Wildman–Crippen LogP) is 2.07. The second kappa shape index (κ2) is 5.67. The van der Waals surface area contributed by atoms with Gasteiger partial charge >= 0.3 is 0 Å². The normalized spacial score (nSPS) is 26.5. The second-order valence-corrected chi connectivity index (χ2v) is 5.53. The van der Waals surface area contributed by atoms with Crippen molar-refractivity contribution >= 4 is 5.91 Å². The minimum Gasteiger partial charge on any atom is -0.350 e. The molecule has 2 N–H and O–H groups in total. The number of rotatable bonds is 4. The Labute approximate surface area is 99.4 Å². The van der Waals surface area contributed by atoms with Gasteiger partial charge in [-0.1, -0.05) is 20.3 Å². The van der Waals surface area contributed by atoms with Gasteiger partial charge < -0.3 is 10.6 Å². The Hall–Kier alpha value is -0.570. The van der Waals surface area contributed by atoms with E-state index in [-0.39, 0.29) is 17.5 Å². The summed E-state index contributed by atoms with van der Waals surface area (Å²) >= 11 is 0. The smallest absolute Gasteiger partial charge is 0.237 e. The van der Waals surface area contributed by atoms with Crippen LogP contribution in [0.15, 0.2) is 0 Å². The molecule has 3 nitrogen and oxygen atoms in total. The first-order chi connectivity index (χ1) is 7.48. The van der Waals surface area contributed by atoms with Crippen molar-refractivity contribution in [2.24, 2.45) is 5.92 Å². The summed E-state index contributed by atoms with van der Waals surface area (Å²) in [4.78, 5) is 12.1. The lowest BCUT2D eigenvalue weighted by molar-refractivity contribution is -0.125. The van der Waals surface area contributed by atoms with Crippen LogP contribution >= 0.6 is 0 Å². The van der Waals surface area contributed by atoms with Crippen LogP contribution in [0.5, 0.6) is 0 Å². The van der Waals surface area contributed by atoms with E-state index in [4.69, 9.17) is 0 Å². The Balaban J connectivity index is 2.47. The van der Waals surface area contributed by atoms with E-state index in [1.807, 2.05) is 0 Å². The van der Waals surface area contributed by atoms with Crippen molar-refractivity contribution in [2.45, 2.75) is 65.0 Å². The SMILES string of the molecule is CCC1CCNC(C(=O)NC(C)(C)CC)C1. The molecule has 94 valence electrons. The van der Waals surface area contributed by atoms with Crippen LogP contribution in [0.25, 0.3) is 0 Å². The summed E-state index contributed by atoms with van der Waals surface area (Å²) in [5.41, 5.74) is -0.0854.